The first kappa shape index (κ1) is 20.1. The number of rotatable bonds is 7. The number of amides is 2. The molecule has 0 aromatic heterocycles. The summed E-state index contributed by atoms with van der Waals surface area (Å²) in [7, 11) is 0. The molecule has 2 aliphatic rings. The number of anilines is 1. The van der Waals surface area contributed by atoms with Crippen LogP contribution >= 0.6 is 0 Å². The monoisotopic (exact) mass is 410 g/mol. The quantitative estimate of drug-likeness (QED) is 0.759. The van der Waals surface area contributed by atoms with Crippen LogP contribution in [0.2, 0.25) is 0 Å². The minimum Gasteiger partial charge on any atom is -0.492 e. The Hall–Kier alpha value is -3.22. The summed E-state index contributed by atoms with van der Waals surface area (Å²) in [6.07, 6.45) is 0.885. The van der Waals surface area contributed by atoms with Gasteiger partial charge in [0.1, 0.15) is 19.0 Å². The number of nitrogens with one attached hydrogen (secondary N) is 1. The molecule has 1 saturated heterocycles. The molecule has 1 unspecified atom stereocenters. The number of hydrogen-bond acceptors (Lipinski definition) is 5. The van der Waals surface area contributed by atoms with E-state index in [2.05, 4.69) is 5.32 Å². The molecule has 158 valence electrons. The third kappa shape index (κ3) is 4.35. The predicted octanol–water partition coefficient (Wildman–Crippen LogP) is 2.57. The fourth-order valence-corrected chi connectivity index (χ4v) is 3.79. The van der Waals surface area contributed by atoms with E-state index in [0.29, 0.717) is 45.1 Å². The van der Waals surface area contributed by atoms with Gasteiger partial charge >= 0.3 is 0 Å². The van der Waals surface area contributed by atoms with Crippen molar-refractivity contribution in [1.82, 2.24) is 5.32 Å². The SMILES string of the molecule is CCOc1ccccc1N1CC(C(=O)NCCc2ccc3c(c2)OCCO3)CC1=O. The van der Waals surface area contributed by atoms with Crippen molar-refractivity contribution < 1.29 is 23.8 Å². The van der Waals surface area contributed by atoms with Gasteiger partial charge in [0.2, 0.25) is 11.8 Å². The van der Waals surface area contributed by atoms with Crippen LogP contribution in [-0.2, 0) is 16.0 Å². The standard InChI is InChI=1S/C23H26N2O5/c1-2-28-19-6-4-3-5-18(19)25-15-17(14-22(25)26)23(27)24-10-9-16-7-8-20-21(13-16)30-12-11-29-20/h3-8,13,17H,2,9-12,14-15H2,1H3,(H,24,27). The van der Waals surface area contributed by atoms with Crippen molar-refractivity contribution in [2.45, 2.75) is 19.8 Å². The first-order valence-corrected chi connectivity index (χ1v) is 10.3. The fourth-order valence-electron chi connectivity index (χ4n) is 3.79. The van der Waals surface area contributed by atoms with E-state index < -0.39 is 0 Å². The van der Waals surface area contributed by atoms with Crippen molar-refractivity contribution in [2.24, 2.45) is 5.92 Å². The Labute approximate surface area is 175 Å². The van der Waals surface area contributed by atoms with E-state index in [1.807, 2.05) is 49.4 Å². The van der Waals surface area contributed by atoms with E-state index in [1.165, 1.54) is 0 Å². The molecule has 2 aliphatic heterocycles. The number of hydrogen-bond donors (Lipinski definition) is 1. The van der Waals surface area contributed by atoms with Crippen LogP contribution in [-0.4, -0.2) is 44.7 Å². The maximum absolute atomic E-state index is 12.6. The van der Waals surface area contributed by atoms with E-state index in [1.54, 1.807) is 4.90 Å². The van der Waals surface area contributed by atoms with Crippen LogP contribution in [0.5, 0.6) is 17.2 Å². The summed E-state index contributed by atoms with van der Waals surface area (Å²) in [6, 6.07) is 13.3. The Morgan fingerprint density at radius 2 is 1.97 bits per heavy atom. The zero-order chi connectivity index (χ0) is 20.9. The van der Waals surface area contributed by atoms with Crippen LogP contribution in [0.25, 0.3) is 0 Å². The van der Waals surface area contributed by atoms with Gasteiger partial charge in [-0.3, -0.25) is 9.59 Å². The molecule has 0 aliphatic carbocycles. The first-order valence-electron chi connectivity index (χ1n) is 10.3. The van der Waals surface area contributed by atoms with E-state index in [9.17, 15) is 9.59 Å². The molecule has 4 rings (SSSR count). The van der Waals surface area contributed by atoms with Gasteiger partial charge in [-0.15, -0.1) is 0 Å². The molecule has 7 nitrogen and oxygen atoms in total. The molecular weight excluding hydrogens is 384 g/mol. The van der Waals surface area contributed by atoms with Crippen LogP contribution in [0.3, 0.4) is 0 Å². The van der Waals surface area contributed by atoms with Crippen molar-refractivity contribution in [1.29, 1.82) is 0 Å². The third-order valence-electron chi connectivity index (χ3n) is 5.27. The van der Waals surface area contributed by atoms with Crippen LogP contribution in [0.1, 0.15) is 18.9 Å². The lowest BCUT2D eigenvalue weighted by atomic mass is 10.1. The molecule has 0 bridgehead atoms. The predicted molar refractivity (Wildman–Crippen MR) is 112 cm³/mol. The van der Waals surface area contributed by atoms with Crippen LogP contribution < -0.4 is 24.4 Å². The van der Waals surface area contributed by atoms with Crippen LogP contribution in [0.4, 0.5) is 5.69 Å². The summed E-state index contributed by atoms with van der Waals surface area (Å²) >= 11 is 0. The summed E-state index contributed by atoms with van der Waals surface area (Å²) in [5.74, 6) is 1.63. The second-order valence-electron chi connectivity index (χ2n) is 7.33. The fraction of sp³-hybridized carbons (Fsp3) is 0.391. The van der Waals surface area contributed by atoms with Crippen molar-refractivity contribution in [3.8, 4) is 17.2 Å². The second kappa shape index (κ2) is 9.07. The molecule has 1 fully saturated rings. The first-order chi connectivity index (χ1) is 14.7. The number of para-hydroxylation sites is 2. The molecular formula is C23H26N2O5. The minimum absolute atomic E-state index is 0.0610. The smallest absolute Gasteiger partial charge is 0.227 e. The molecule has 2 aromatic carbocycles. The molecule has 7 heteroatoms. The van der Waals surface area contributed by atoms with E-state index in [0.717, 1.165) is 22.7 Å². The van der Waals surface area contributed by atoms with Gasteiger partial charge in [0, 0.05) is 19.5 Å². The Kier molecular flexibility index (Phi) is 6.07. The number of carbonyl (C=O) groups is 2. The lowest BCUT2D eigenvalue weighted by Crippen LogP contribution is -2.34. The molecule has 0 spiro atoms. The van der Waals surface area contributed by atoms with Crippen molar-refractivity contribution in [3.05, 3.63) is 48.0 Å². The maximum Gasteiger partial charge on any atom is 0.227 e. The summed E-state index contributed by atoms with van der Waals surface area (Å²) < 4.78 is 16.8. The summed E-state index contributed by atoms with van der Waals surface area (Å²) in [4.78, 5) is 26.8. The summed E-state index contributed by atoms with van der Waals surface area (Å²) in [5, 5.41) is 2.96. The largest absolute Gasteiger partial charge is 0.492 e. The van der Waals surface area contributed by atoms with Gasteiger partial charge < -0.3 is 24.4 Å². The maximum atomic E-state index is 12.6. The van der Waals surface area contributed by atoms with E-state index in [4.69, 9.17) is 14.2 Å². The lowest BCUT2D eigenvalue weighted by molar-refractivity contribution is -0.126. The normalized spacial score (nSPS) is 17.7. The zero-order valence-corrected chi connectivity index (χ0v) is 17.1. The average Bonchev–Trinajstić information content (AvgIpc) is 3.16. The Balaban J connectivity index is 1.32. The average molecular weight is 410 g/mol. The second-order valence-corrected chi connectivity index (χ2v) is 7.33. The van der Waals surface area contributed by atoms with Gasteiger partial charge in [-0.25, -0.2) is 0 Å². The number of benzene rings is 2. The molecule has 1 N–H and O–H groups in total. The lowest BCUT2D eigenvalue weighted by Gasteiger charge is -2.20. The van der Waals surface area contributed by atoms with Gasteiger partial charge in [0.15, 0.2) is 11.5 Å². The molecule has 0 radical (unpaired) electrons. The summed E-state index contributed by atoms with van der Waals surface area (Å²) in [6.45, 7) is 4.39. The topological polar surface area (TPSA) is 77.1 Å². The Morgan fingerprint density at radius 1 is 1.17 bits per heavy atom. The van der Waals surface area contributed by atoms with Gasteiger partial charge in [-0.2, -0.15) is 0 Å². The number of nitrogens with zero attached hydrogens (tertiary/aromatic N) is 1. The number of fused-ring (bicyclic) bond motifs is 1. The van der Waals surface area contributed by atoms with Gasteiger partial charge in [0.25, 0.3) is 0 Å². The number of ether oxygens (including phenoxy) is 3. The van der Waals surface area contributed by atoms with Crippen LogP contribution in [0, 0.1) is 5.92 Å². The summed E-state index contributed by atoms with van der Waals surface area (Å²) in [5.41, 5.74) is 1.78. The van der Waals surface area contributed by atoms with Gasteiger partial charge in [-0.1, -0.05) is 18.2 Å². The highest BCUT2D eigenvalue weighted by Crippen LogP contribution is 2.33. The Bertz CT molecular complexity index is 930. The minimum atomic E-state index is -0.368. The third-order valence-corrected chi connectivity index (χ3v) is 5.27. The highest BCUT2D eigenvalue weighted by molar-refractivity contribution is 6.01. The molecule has 2 heterocycles. The van der Waals surface area contributed by atoms with Crippen molar-refractivity contribution >= 4 is 17.5 Å². The van der Waals surface area contributed by atoms with Crippen LogP contribution in [0.15, 0.2) is 42.5 Å². The highest BCUT2D eigenvalue weighted by atomic mass is 16.6. The molecule has 30 heavy (non-hydrogen) atoms. The molecule has 1 atom stereocenters. The van der Waals surface area contributed by atoms with E-state index in [-0.39, 0.29) is 24.2 Å². The highest BCUT2D eigenvalue weighted by Gasteiger charge is 2.36. The Morgan fingerprint density at radius 3 is 2.80 bits per heavy atom. The molecule has 0 saturated carbocycles. The molecule has 2 aromatic rings. The van der Waals surface area contributed by atoms with Gasteiger partial charge in [-0.05, 0) is 43.2 Å². The van der Waals surface area contributed by atoms with Gasteiger partial charge in [0.05, 0.1) is 18.2 Å². The molecule has 2 amide bonds. The van der Waals surface area contributed by atoms with Crippen molar-refractivity contribution in [3.63, 3.8) is 0 Å². The number of carbonyl (C=O) groups excluding carboxylic acids is 2. The van der Waals surface area contributed by atoms with E-state index >= 15 is 0 Å². The zero-order valence-electron chi connectivity index (χ0n) is 17.1. The van der Waals surface area contributed by atoms with Crippen molar-refractivity contribution in [2.75, 3.05) is 37.8 Å².